The lowest BCUT2D eigenvalue weighted by atomic mass is 10.1. The third-order valence-corrected chi connectivity index (χ3v) is 2.48. The van der Waals surface area contributed by atoms with Crippen molar-refractivity contribution in [3.8, 4) is 0 Å². The molecule has 2 nitrogen and oxygen atoms in total. The summed E-state index contributed by atoms with van der Waals surface area (Å²) in [5, 5.41) is 0.406. The first kappa shape index (κ1) is 9.55. The summed E-state index contributed by atoms with van der Waals surface area (Å²) in [7, 11) is 0. The van der Waals surface area contributed by atoms with E-state index >= 15 is 0 Å². The number of hydrogen-bond acceptors (Lipinski definition) is 2. The van der Waals surface area contributed by atoms with Gasteiger partial charge in [0, 0.05) is 4.47 Å². The number of carbonyl (C=O) groups excluding carboxylic acids is 1. The Morgan fingerprint density at radius 3 is 2.58 bits per heavy atom. The van der Waals surface area contributed by atoms with Crippen molar-refractivity contribution in [2.45, 2.75) is 6.92 Å². The number of ketones is 1. The molecule has 2 N–H and O–H groups in total. The van der Waals surface area contributed by atoms with E-state index < -0.39 is 0 Å². The molecular formula is C8H7BrClNO. The van der Waals surface area contributed by atoms with Crippen LogP contribution in [0, 0.1) is 0 Å². The van der Waals surface area contributed by atoms with Crippen LogP contribution in [0.1, 0.15) is 17.3 Å². The Morgan fingerprint density at radius 2 is 2.17 bits per heavy atom. The van der Waals surface area contributed by atoms with Crippen molar-refractivity contribution in [2.75, 3.05) is 5.73 Å². The molecule has 4 heteroatoms. The van der Waals surface area contributed by atoms with Crippen LogP contribution in [0.2, 0.25) is 5.02 Å². The third-order valence-electron chi connectivity index (χ3n) is 1.49. The molecule has 1 rings (SSSR count). The molecule has 0 amide bonds. The highest BCUT2D eigenvalue weighted by Crippen LogP contribution is 2.29. The van der Waals surface area contributed by atoms with E-state index in [4.69, 9.17) is 17.3 Å². The van der Waals surface area contributed by atoms with Gasteiger partial charge in [-0.15, -0.1) is 0 Å². The molecule has 64 valence electrons. The molecule has 0 radical (unpaired) electrons. The smallest absolute Gasteiger partial charge is 0.163 e. The standard InChI is InChI=1S/C8H7BrClNO/c1-4(12)7-5(9)2-3-6(10)8(7)11/h2-3H,11H2,1H3. The molecule has 0 atom stereocenters. The average Bonchev–Trinajstić information content (AvgIpc) is 1.97. The van der Waals surface area contributed by atoms with Crippen molar-refractivity contribution in [2.24, 2.45) is 0 Å². The van der Waals surface area contributed by atoms with Crippen LogP contribution in [0.3, 0.4) is 0 Å². The average molecular weight is 249 g/mol. The third kappa shape index (κ3) is 1.62. The van der Waals surface area contributed by atoms with Gasteiger partial charge in [0.2, 0.25) is 0 Å². The fourth-order valence-corrected chi connectivity index (χ4v) is 1.71. The van der Waals surface area contributed by atoms with E-state index in [1.165, 1.54) is 6.92 Å². The molecule has 0 saturated heterocycles. The zero-order chi connectivity index (χ0) is 9.30. The lowest BCUT2D eigenvalue weighted by molar-refractivity contribution is 0.101. The second kappa shape index (κ2) is 3.46. The first-order valence-corrected chi connectivity index (χ1v) is 4.45. The molecule has 0 heterocycles. The Morgan fingerprint density at radius 1 is 1.58 bits per heavy atom. The van der Waals surface area contributed by atoms with E-state index in [1.54, 1.807) is 12.1 Å². The van der Waals surface area contributed by atoms with Crippen LogP contribution >= 0.6 is 27.5 Å². The number of halogens is 2. The number of carbonyl (C=O) groups is 1. The number of anilines is 1. The van der Waals surface area contributed by atoms with Crippen molar-refractivity contribution < 1.29 is 4.79 Å². The van der Waals surface area contributed by atoms with Gasteiger partial charge in [-0.1, -0.05) is 11.6 Å². The number of benzene rings is 1. The van der Waals surface area contributed by atoms with Crippen LogP contribution in [0.25, 0.3) is 0 Å². The summed E-state index contributed by atoms with van der Waals surface area (Å²) < 4.78 is 0.678. The van der Waals surface area contributed by atoms with Crippen molar-refractivity contribution in [3.63, 3.8) is 0 Å². The summed E-state index contributed by atoms with van der Waals surface area (Å²) in [6.45, 7) is 1.45. The van der Waals surface area contributed by atoms with Crippen LogP contribution in [0.15, 0.2) is 16.6 Å². The van der Waals surface area contributed by atoms with Gasteiger partial charge >= 0.3 is 0 Å². The maximum Gasteiger partial charge on any atom is 0.163 e. The minimum absolute atomic E-state index is 0.0955. The normalized spacial score (nSPS) is 9.92. The highest BCUT2D eigenvalue weighted by molar-refractivity contribution is 9.10. The molecule has 1 aromatic rings. The fourth-order valence-electron chi connectivity index (χ4n) is 0.925. The molecule has 0 saturated carbocycles. The molecule has 0 fully saturated rings. The van der Waals surface area contributed by atoms with Gasteiger partial charge in [0.1, 0.15) is 0 Å². The number of rotatable bonds is 1. The van der Waals surface area contributed by atoms with Gasteiger partial charge in [-0.25, -0.2) is 0 Å². The highest BCUT2D eigenvalue weighted by Gasteiger charge is 2.11. The van der Waals surface area contributed by atoms with Crippen molar-refractivity contribution in [1.29, 1.82) is 0 Å². The molecule has 1 aromatic carbocycles. The summed E-state index contributed by atoms with van der Waals surface area (Å²) >= 11 is 8.95. The Balaban J connectivity index is 3.43. The zero-order valence-corrected chi connectivity index (χ0v) is 8.74. The SMILES string of the molecule is CC(=O)c1c(Br)ccc(Cl)c1N. The van der Waals surface area contributed by atoms with Crippen LogP contribution in [0.4, 0.5) is 5.69 Å². The summed E-state index contributed by atoms with van der Waals surface area (Å²) in [4.78, 5) is 11.1. The largest absolute Gasteiger partial charge is 0.397 e. The topological polar surface area (TPSA) is 43.1 Å². The van der Waals surface area contributed by atoms with Crippen LogP contribution < -0.4 is 5.73 Å². The summed E-state index contributed by atoms with van der Waals surface area (Å²) in [6, 6.07) is 3.35. The van der Waals surface area contributed by atoms with Gasteiger partial charge in [0.05, 0.1) is 16.3 Å². The van der Waals surface area contributed by atoms with E-state index in [0.717, 1.165) is 0 Å². The summed E-state index contributed by atoms with van der Waals surface area (Å²) in [5.74, 6) is -0.0955. The van der Waals surface area contributed by atoms with Crippen molar-refractivity contribution >= 4 is 39.0 Å². The lowest BCUT2D eigenvalue weighted by Crippen LogP contribution is -2.01. The molecule has 0 spiro atoms. The van der Waals surface area contributed by atoms with E-state index in [0.29, 0.717) is 20.7 Å². The van der Waals surface area contributed by atoms with Crippen LogP contribution in [-0.4, -0.2) is 5.78 Å². The summed E-state index contributed by atoms with van der Waals surface area (Å²) in [6.07, 6.45) is 0. The van der Waals surface area contributed by atoms with Gasteiger partial charge in [-0.05, 0) is 35.0 Å². The first-order chi connectivity index (χ1) is 5.54. The Hall–Kier alpha value is -0.540. The number of Topliss-reactive ketones (excluding diaryl/α,β-unsaturated/α-hetero) is 1. The summed E-state index contributed by atoms with van der Waals surface area (Å²) in [5.41, 5.74) is 6.38. The molecular weight excluding hydrogens is 241 g/mol. The van der Waals surface area contributed by atoms with Gasteiger partial charge < -0.3 is 5.73 Å². The molecule has 0 aliphatic carbocycles. The molecule has 0 aliphatic rings. The van der Waals surface area contributed by atoms with Gasteiger partial charge in [-0.3, -0.25) is 4.79 Å². The Kier molecular flexibility index (Phi) is 2.75. The van der Waals surface area contributed by atoms with Gasteiger partial charge in [-0.2, -0.15) is 0 Å². The van der Waals surface area contributed by atoms with E-state index in [1.807, 2.05) is 0 Å². The van der Waals surface area contributed by atoms with Crippen LogP contribution in [-0.2, 0) is 0 Å². The second-order valence-electron chi connectivity index (χ2n) is 2.37. The fraction of sp³-hybridized carbons (Fsp3) is 0.125. The van der Waals surface area contributed by atoms with Crippen molar-refractivity contribution in [3.05, 3.63) is 27.2 Å². The maximum atomic E-state index is 11.1. The Bertz CT molecular complexity index is 338. The minimum Gasteiger partial charge on any atom is -0.397 e. The number of hydrogen-bond donors (Lipinski definition) is 1. The minimum atomic E-state index is -0.0955. The lowest BCUT2D eigenvalue weighted by Gasteiger charge is -2.05. The first-order valence-electron chi connectivity index (χ1n) is 3.28. The predicted molar refractivity (Wildman–Crippen MR) is 53.6 cm³/mol. The Labute approximate surface area is 83.8 Å². The molecule has 0 bridgehead atoms. The second-order valence-corrected chi connectivity index (χ2v) is 3.64. The quantitative estimate of drug-likeness (QED) is 0.613. The predicted octanol–water partition coefficient (Wildman–Crippen LogP) is 2.89. The molecule has 0 aliphatic heterocycles. The van der Waals surface area contributed by atoms with E-state index in [9.17, 15) is 4.79 Å². The van der Waals surface area contributed by atoms with Crippen molar-refractivity contribution in [1.82, 2.24) is 0 Å². The van der Waals surface area contributed by atoms with Gasteiger partial charge in [0.25, 0.3) is 0 Å². The van der Waals surface area contributed by atoms with E-state index in [-0.39, 0.29) is 5.78 Å². The maximum absolute atomic E-state index is 11.1. The molecule has 0 aromatic heterocycles. The van der Waals surface area contributed by atoms with Crippen LogP contribution in [0.5, 0.6) is 0 Å². The number of nitrogen functional groups attached to an aromatic ring is 1. The number of nitrogens with two attached hydrogens (primary N) is 1. The zero-order valence-electron chi connectivity index (χ0n) is 6.40. The van der Waals surface area contributed by atoms with Gasteiger partial charge in [0.15, 0.2) is 5.78 Å². The molecule has 12 heavy (non-hydrogen) atoms. The monoisotopic (exact) mass is 247 g/mol. The molecule has 0 unspecified atom stereocenters. The highest BCUT2D eigenvalue weighted by atomic mass is 79.9. The van der Waals surface area contributed by atoms with E-state index in [2.05, 4.69) is 15.9 Å².